The fourth-order valence-electron chi connectivity index (χ4n) is 2.04. The molecule has 3 nitrogen and oxygen atoms in total. The van der Waals surface area contributed by atoms with Crippen LogP contribution in [0.3, 0.4) is 0 Å². The molecule has 1 heterocycles. The summed E-state index contributed by atoms with van der Waals surface area (Å²) in [4.78, 5) is 2.92. The molecule has 0 amide bonds. The van der Waals surface area contributed by atoms with Crippen molar-refractivity contribution in [2.75, 3.05) is 13.7 Å². The van der Waals surface area contributed by atoms with Crippen molar-refractivity contribution < 1.29 is 9.13 Å². The van der Waals surface area contributed by atoms with Crippen molar-refractivity contribution >= 4 is 23.3 Å². The smallest absolute Gasteiger partial charge is 0.178 e. The Morgan fingerprint density at radius 1 is 1.53 bits per heavy atom. The number of nitrogens with zero attached hydrogens (tertiary/aromatic N) is 1. The van der Waals surface area contributed by atoms with Crippen molar-refractivity contribution in [1.82, 2.24) is 9.55 Å². The van der Waals surface area contributed by atoms with E-state index < -0.39 is 0 Å². The predicted molar refractivity (Wildman–Crippen MR) is 68.3 cm³/mol. The van der Waals surface area contributed by atoms with Gasteiger partial charge in [0, 0.05) is 7.11 Å². The lowest BCUT2D eigenvalue weighted by atomic mass is 10.2. The molecule has 2 rings (SSSR count). The first-order valence-electron chi connectivity index (χ1n) is 5.56. The Labute approximate surface area is 104 Å². The van der Waals surface area contributed by atoms with E-state index >= 15 is 0 Å². The van der Waals surface area contributed by atoms with E-state index in [1.54, 1.807) is 13.2 Å². The van der Waals surface area contributed by atoms with Crippen LogP contribution in [0.2, 0.25) is 0 Å². The summed E-state index contributed by atoms with van der Waals surface area (Å²) in [6.07, 6.45) is 0.881. The molecule has 0 saturated carbocycles. The zero-order valence-electron chi connectivity index (χ0n) is 9.87. The number of benzene rings is 1. The number of aromatic nitrogens is 2. The molecule has 1 aromatic carbocycles. The molecule has 92 valence electrons. The van der Waals surface area contributed by atoms with E-state index in [0.717, 1.165) is 11.9 Å². The zero-order valence-corrected chi connectivity index (χ0v) is 10.7. The maximum atomic E-state index is 13.6. The van der Waals surface area contributed by atoms with Crippen LogP contribution in [0.5, 0.6) is 0 Å². The van der Waals surface area contributed by atoms with Crippen molar-refractivity contribution in [2.45, 2.75) is 19.4 Å². The van der Waals surface area contributed by atoms with E-state index in [0.29, 0.717) is 16.9 Å². The Hall–Kier alpha value is -1.20. The van der Waals surface area contributed by atoms with Crippen LogP contribution < -0.4 is 0 Å². The second-order valence-electron chi connectivity index (χ2n) is 3.95. The van der Waals surface area contributed by atoms with E-state index in [1.807, 2.05) is 10.6 Å². The summed E-state index contributed by atoms with van der Waals surface area (Å²) in [5.74, 6) is -0.278. The van der Waals surface area contributed by atoms with Gasteiger partial charge in [-0.15, -0.1) is 0 Å². The third-order valence-electron chi connectivity index (χ3n) is 2.90. The van der Waals surface area contributed by atoms with Crippen LogP contribution in [-0.4, -0.2) is 23.3 Å². The Bertz CT molecular complexity index is 575. The first-order valence-corrected chi connectivity index (χ1v) is 5.97. The number of halogens is 1. The van der Waals surface area contributed by atoms with Gasteiger partial charge >= 0.3 is 0 Å². The van der Waals surface area contributed by atoms with Crippen LogP contribution in [-0.2, 0) is 4.74 Å². The molecule has 5 heteroatoms. The molecule has 1 N–H and O–H groups in total. The molecule has 0 aliphatic carbocycles. The molecule has 1 aromatic heterocycles. The standard InChI is InChI=1S/C12H15FN2OS/c1-3-8(7-16-2)15-10-6-4-5-9(13)11(10)14-12(15)17/h4-6,8H,3,7H2,1-2H3,(H,14,17). The quantitative estimate of drug-likeness (QED) is 0.847. The fraction of sp³-hybridized carbons (Fsp3) is 0.417. The molecule has 0 bridgehead atoms. The van der Waals surface area contributed by atoms with Gasteiger partial charge in [-0.3, -0.25) is 0 Å². The summed E-state index contributed by atoms with van der Waals surface area (Å²) >= 11 is 5.25. The number of hydrogen-bond donors (Lipinski definition) is 1. The molecule has 0 aliphatic heterocycles. The Kier molecular flexibility index (Phi) is 3.59. The number of rotatable bonds is 4. The molecule has 0 fully saturated rings. The van der Waals surface area contributed by atoms with Crippen molar-refractivity contribution in [2.24, 2.45) is 0 Å². The van der Waals surface area contributed by atoms with Gasteiger partial charge in [-0.05, 0) is 30.8 Å². The number of methoxy groups -OCH3 is 1. The van der Waals surface area contributed by atoms with E-state index in [1.165, 1.54) is 6.07 Å². The van der Waals surface area contributed by atoms with Crippen LogP contribution in [0.1, 0.15) is 19.4 Å². The third-order valence-corrected chi connectivity index (χ3v) is 3.20. The van der Waals surface area contributed by atoms with E-state index in [2.05, 4.69) is 11.9 Å². The van der Waals surface area contributed by atoms with Gasteiger partial charge in [0.1, 0.15) is 11.3 Å². The van der Waals surface area contributed by atoms with Gasteiger partial charge in [0.05, 0.1) is 18.2 Å². The molecule has 2 aromatic rings. The van der Waals surface area contributed by atoms with Gasteiger partial charge in [0.25, 0.3) is 0 Å². The maximum Gasteiger partial charge on any atom is 0.178 e. The van der Waals surface area contributed by atoms with Crippen LogP contribution in [0.25, 0.3) is 11.0 Å². The topological polar surface area (TPSA) is 29.9 Å². The minimum Gasteiger partial charge on any atom is -0.383 e. The zero-order chi connectivity index (χ0) is 12.4. The second-order valence-corrected chi connectivity index (χ2v) is 4.34. The normalized spacial score (nSPS) is 13.1. The maximum absolute atomic E-state index is 13.6. The third kappa shape index (κ3) is 2.12. The van der Waals surface area contributed by atoms with Crippen LogP contribution in [0, 0.1) is 10.6 Å². The van der Waals surface area contributed by atoms with Gasteiger partial charge in [-0.25, -0.2) is 4.39 Å². The molecule has 0 radical (unpaired) electrons. The second kappa shape index (κ2) is 4.98. The van der Waals surface area contributed by atoms with Crippen molar-refractivity contribution in [1.29, 1.82) is 0 Å². The van der Waals surface area contributed by atoms with Gasteiger partial charge < -0.3 is 14.3 Å². The Morgan fingerprint density at radius 2 is 2.29 bits per heavy atom. The summed E-state index contributed by atoms with van der Waals surface area (Å²) in [5.41, 5.74) is 1.26. The molecule has 17 heavy (non-hydrogen) atoms. The highest BCUT2D eigenvalue weighted by Crippen LogP contribution is 2.23. The first-order chi connectivity index (χ1) is 8.19. The van der Waals surface area contributed by atoms with Crippen LogP contribution >= 0.6 is 12.2 Å². The average Bonchev–Trinajstić information content (AvgIpc) is 2.64. The summed E-state index contributed by atoms with van der Waals surface area (Å²) in [5, 5.41) is 0. The Balaban J connectivity index is 2.64. The number of imidazole rings is 1. The molecular weight excluding hydrogens is 239 g/mol. The van der Waals surface area contributed by atoms with Crippen LogP contribution in [0.15, 0.2) is 18.2 Å². The number of ether oxygens (including phenoxy) is 1. The number of fused-ring (bicyclic) bond motifs is 1. The number of hydrogen-bond acceptors (Lipinski definition) is 2. The summed E-state index contributed by atoms with van der Waals surface area (Å²) in [6.45, 7) is 2.62. The van der Waals surface area contributed by atoms with Gasteiger partial charge in [-0.1, -0.05) is 13.0 Å². The Morgan fingerprint density at radius 3 is 2.94 bits per heavy atom. The van der Waals surface area contributed by atoms with Crippen molar-refractivity contribution in [3.63, 3.8) is 0 Å². The lowest BCUT2D eigenvalue weighted by Gasteiger charge is -2.16. The number of H-pyrrole nitrogens is 1. The highest BCUT2D eigenvalue weighted by molar-refractivity contribution is 7.71. The minimum atomic E-state index is -0.278. The van der Waals surface area contributed by atoms with Gasteiger partial charge in [0.15, 0.2) is 4.77 Å². The lowest BCUT2D eigenvalue weighted by molar-refractivity contribution is 0.154. The average molecular weight is 254 g/mol. The predicted octanol–water partition coefficient (Wildman–Crippen LogP) is 3.44. The van der Waals surface area contributed by atoms with E-state index in [-0.39, 0.29) is 11.9 Å². The molecular formula is C12H15FN2OS. The monoisotopic (exact) mass is 254 g/mol. The lowest BCUT2D eigenvalue weighted by Crippen LogP contribution is -2.13. The molecule has 0 spiro atoms. The number of nitrogens with one attached hydrogen (secondary N) is 1. The molecule has 1 unspecified atom stereocenters. The van der Waals surface area contributed by atoms with E-state index in [4.69, 9.17) is 17.0 Å². The largest absolute Gasteiger partial charge is 0.383 e. The van der Waals surface area contributed by atoms with Crippen LogP contribution in [0.4, 0.5) is 4.39 Å². The van der Waals surface area contributed by atoms with E-state index in [9.17, 15) is 4.39 Å². The summed E-state index contributed by atoms with van der Waals surface area (Å²) in [7, 11) is 1.65. The summed E-state index contributed by atoms with van der Waals surface area (Å²) in [6, 6.07) is 5.11. The summed E-state index contributed by atoms with van der Waals surface area (Å²) < 4.78 is 21.3. The number of para-hydroxylation sites is 1. The fourth-order valence-corrected chi connectivity index (χ4v) is 2.39. The van der Waals surface area contributed by atoms with Gasteiger partial charge in [-0.2, -0.15) is 0 Å². The SMILES string of the molecule is CCC(COC)n1c(=S)[nH]c2c(F)cccc21. The first kappa shape index (κ1) is 12.3. The molecule has 1 atom stereocenters. The van der Waals surface area contributed by atoms with Crippen molar-refractivity contribution in [3.05, 3.63) is 28.8 Å². The molecule has 0 saturated heterocycles. The highest BCUT2D eigenvalue weighted by Gasteiger charge is 2.15. The minimum absolute atomic E-state index is 0.128. The van der Waals surface area contributed by atoms with Gasteiger partial charge in [0.2, 0.25) is 0 Å². The van der Waals surface area contributed by atoms with Crippen molar-refractivity contribution in [3.8, 4) is 0 Å². The highest BCUT2D eigenvalue weighted by atomic mass is 32.1. The number of aromatic amines is 1. The molecule has 0 aliphatic rings.